The van der Waals surface area contributed by atoms with E-state index in [1.807, 2.05) is 11.6 Å². The van der Waals surface area contributed by atoms with Crippen molar-refractivity contribution in [2.75, 3.05) is 6.54 Å². The lowest BCUT2D eigenvalue weighted by Crippen LogP contribution is -2.21. The fourth-order valence-electron chi connectivity index (χ4n) is 1.68. The maximum atomic E-state index is 4.42. The van der Waals surface area contributed by atoms with Crippen LogP contribution in [0.2, 0.25) is 0 Å². The summed E-state index contributed by atoms with van der Waals surface area (Å²) in [7, 11) is 0. The first-order valence-electron chi connectivity index (χ1n) is 5.56. The lowest BCUT2D eigenvalue weighted by Gasteiger charge is -2.08. The molecule has 2 rings (SSSR count). The van der Waals surface area contributed by atoms with Gasteiger partial charge in [-0.3, -0.25) is 4.68 Å². The van der Waals surface area contributed by atoms with E-state index < -0.39 is 0 Å². The fourth-order valence-corrected chi connectivity index (χ4v) is 1.68. The predicted molar refractivity (Wildman–Crippen MR) is 61.9 cm³/mol. The van der Waals surface area contributed by atoms with Crippen LogP contribution >= 0.6 is 0 Å². The second kappa shape index (κ2) is 4.19. The molecule has 3 heteroatoms. The first-order valence-corrected chi connectivity index (χ1v) is 5.56. The van der Waals surface area contributed by atoms with Crippen LogP contribution in [0.15, 0.2) is 18.2 Å². The lowest BCUT2D eigenvalue weighted by molar-refractivity contribution is 0.618. The van der Waals surface area contributed by atoms with Crippen LogP contribution in [0.25, 0.3) is 0 Å². The normalized spacial score (nSPS) is 15.6. The summed E-state index contributed by atoms with van der Waals surface area (Å²) in [6.45, 7) is 9.94. The van der Waals surface area contributed by atoms with Gasteiger partial charge in [0.05, 0.1) is 12.2 Å². The van der Waals surface area contributed by atoms with E-state index >= 15 is 0 Å². The number of nitrogens with zero attached hydrogens (tertiary/aromatic N) is 2. The van der Waals surface area contributed by atoms with Crippen LogP contribution in [0.5, 0.6) is 0 Å². The van der Waals surface area contributed by atoms with Crippen LogP contribution in [0.3, 0.4) is 0 Å². The third-order valence-corrected chi connectivity index (χ3v) is 2.69. The van der Waals surface area contributed by atoms with Gasteiger partial charge in [-0.05, 0) is 38.3 Å². The van der Waals surface area contributed by atoms with Gasteiger partial charge in [0.1, 0.15) is 0 Å². The Morgan fingerprint density at radius 1 is 1.60 bits per heavy atom. The summed E-state index contributed by atoms with van der Waals surface area (Å²) in [4.78, 5) is 0. The Kier molecular flexibility index (Phi) is 2.91. The molecule has 1 saturated carbocycles. The SMILES string of the molecule is C=C(CNC1CC1)Cn1nc(C)cc1C. The van der Waals surface area contributed by atoms with Gasteiger partial charge in [0, 0.05) is 18.3 Å². The smallest absolute Gasteiger partial charge is 0.0632 e. The summed E-state index contributed by atoms with van der Waals surface area (Å²) in [5.41, 5.74) is 3.49. The number of nitrogens with one attached hydrogen (secondary N) is 1. The Morgan fingerprint density at radius 3 is 2.87 bits per heavy atom. The van der Waals surface area contributed by atoms with Gasteiger partial charge in [-0.15, -0.1) is 0 Å². The molecule has 0 spiro atoms. The summed E-state index contributed by atoms with van der Waals surface area (Å²) in [5.74, 6) is 0. The van der Waals surface area contributed by atoms with Crippen molar-refractivity contribution in [3.8, 4) is 0 Å². The summed E-state index contributed by atoms with van der Waals surface area (Å²) >= 11 is 0. The maximum Gasteiger partial charge on any atom is 0.0632 e. The van der Waals surface area contributed by atoms with Gasteiger partial charge in [0.25, 0.3) is 0 Å². The highest BCUT2D eigenvalue weighted by molar-refractivity contribution is 5.09. The molecule has 0 atom stereocenters. The third-order valence-electron chi connectivity index (χ3n) is 2.69. The highest BCUT2D eigenvalue weighted by atomic mass is 15.3. The van der Waals surface area contributed by atoms with Crippen LogP contribution in [-0.2, 0) is 6.54 Å². The molecule has 1 aliphatic rings. The van der Waals surface area contributed by atoms with Gasteiger partial charge in [0.2, 0.25) is 0 Å². The predicted octanol–water partition coefficient (Wildman–Crippen LogP) is 1.81. The van der Waals surface area contributed by atoms with Crippen molar-refractivity contribution in [2.24, 2.45) is 0 Å². The van der Waals surface area contributed by atoms with Crippen LogP contribution < -0.4 is 5.32 Å². The molecule has 1 aromatic rings. The molecule has 1 N–H and O–H groups in total. The standard InChI is InChI=1S/C12H19N3/c1-9(7-13-12-4-5-12)8-15-11(3)6-10(2)14-15/h6,12-13H,1,4-5,7-8H2,2-3H3. The van der Waals surface area contributed by atoms with E-state index in [2.05, 4.69) is 30.0 Å². The van der Waals surface area contributed by atoms with Crippen LogP contribution in [0.1, 0.15) is 24.2 Å². The minimum atomic E-state index is 0.752. The van der Waals surface area contributed by atoms with Crippen molar-refractivity contribution in [1.82, 2.24) is 15.1 Å². The van der Waals surface area contributed by atoms with Gasteiger partial charge in [-0.2, -0.15) is 5.10 Å². The molecule has 0 aliphatic heterocycles. The first kappa shape index (κ1) is 10.4. The van der Waals surface area contributed by atoms with E-state index in [-0.39, 0.29) is 0 Å². The highest BCUT2D eigenvalue weighted by Crippen LogP contribution is 2.18. The van der Waals surface area contributed by atoms with E-state index in [4.69, 9.17) is 0 Å². The summed E-state index contributed by atoms with van der Waals surface area (Å²) in [5, 5.41) is 7.88. The van der Waals surface area contributed by atoms with Crippen molar-refractivity contribution >= 4 is 0 Å². The number of aryl methyl sites for hydroxylation is 2. The minimum Gasteiger partial charge on any atom is -0.310 e. The molecule has 1 fully saturated rings. The molecule has 0 bridgehead atoms. The second-order valence-electron chi connectivity index (χ2n) is 4.49. The van der Waals surface area contributed by atoms with E-state index in [1.165, 1.54) is 24.1 Å². The Balaban J connectivity index is 1.84. The second-order valence-corrected chi connectivity index (χ2v) is 4.49. The summed E-state index contributed by atoms with van der Waals surface area (Å²) < 4.78 is 2.02. The van der Waals surface area contributed by atoms with Gasteiger partial charge < -0.3 is 5.32 Å². The molecule has 0 unspecified atom stereocenters. The van der Waals surface area contributed by atoms with Crippen LogP contribution in [0, 0.1) is 13.8 Å². The van der Waals surface area contributed by atoms with Crippen molar-refractivity contribution < 1.29 is 0 Å². The largest absolute Gasteiger partial charge is 0.310 e. The topological polar surface area (TPSA) is 29.9 Å². The molecular formula is C12H19N3. The molecule has 1 heterocycles. The maximum absolute atomic E-state index is 4.42. The van der Waals surface area contributed by atoms with E-state index in [9.17, 15) is 0 Å². The third kappa shape index (κ3) is 2.93. The van der Waals surface area contributed by atoms with Crippen molar-refractivity contribution in [3.63, 3.8) is 0 Å². The van der Waals surface area contributed by atoms with Gasteiger partial charge >= 0.3 is 0 Å². The monoisotopic (exact) mass is 205 g/mol. The van der Waals surface area contributed by atoms with Gasteiger partial charge in [-0.1, -0.05) is 6.58 Å². The molecule has 1 aliphatic carbocycles. The number of aromatic nitrogens is 2. The van der Waals surface area contributed by atoms with Crippen molar-refractivity contribution in [2.45, 2.75) is 39.3 Å². The highest BCUT2D eigenvalue weighted by Gasteiger charge is 2.20. The average molecular weight is 205 g/mol. The Labute approximate surface area is 91.2 Å². The Bertz CT molecular complexity index is 361. The van der Waals surface area contributed by atoms with Crippen LogP contribution in [0.4, 0.5) is 0 Å². The van der Waals surface area contributed by atoms with Gasteiger partial charge in [-0.25, -0.2) is 0 Å². The lowest BCUT2D eigenvalue weighted by atomic mass is 10.3. The molecular weight excluding hydrogens is 186 g/mol. The molecule has 0 amide bonds. The number of hydrogen-bond donors (Lipinski definition) is 1. The average Bonchev–Trinajstić information content (AvgIpc) is 2.92. The zero-order valence-corrected chi connectivity index (χ0v) is 9.58. The van der Waals surface area contributed by atoms with E-state index in [0.717, 1.165) is 24.8 Å². The molecule has 82 valence electrons. The number of rotatable bonds is 5. The van der Waals surface area contributed by atoms with Crippen molar-refractivity contribution in [3.05, 3.63) is 29.6 Å². The molecule has 0 aromatic carbocycles. The fraction of sp³-hybridized carbons (Fsp3) is 0.583. The van der Waals surface area contributed by atoms with Crippen molar-refractivity contribution in [1.29, 1.82) is 0 Å². The minimum absolute atomic E-state index is 0.752. The first-order chi connectivity index (χ1) is 7.15. The Morgan fingerprint density at radius 2 is 2.33 bits per heavy atom. The summed E-state index contributed by atoms with van der Waals surface area (Å²) in [6, 6.07) is 2.85. The molecule has 3 nitrogen and oxygen atoms in total. The number of hydrogen-bond acceptors (Lipinski definition) is 2. The zero-order valence-electron chi connectivity index (χ0n) is 9.58. The molecule has 1 aromatic heterocycles. The quantitative estimate of drug-likeness (QED) is 0.743. The molecule has 0 saturated heterocycles. The molecule has 15 heavy (non-hydrogen) atoms. The van der Waals surface area contributed by atoms with Crippen LogP contribution in [-0.4, -0.2) is 22.4 Å². The summed E-state index contributed by atoms with van der Waals surface area (Å²) in [6.07, 6.45) is 2.65. The Hall–Kier alpha value is -1.09. The van der Waals surface area contributed by atoms with E-state index in [0.29, 0.717) is 0 Å². The van der Waals surface area contributed by atoms with Gasteiger partial charge in [0.15, 0.2) is 0 Å². The molecule has 0 radical (unpaired) electrons. The van der Waals surface area contributed by atoms with E-state index in [1.54, 1.807) is 0 Å². The zero-order chi connectivity index (χ0) is 10.8.